The molecule has 0 saturated heterocycles. The van der Waals surface area contributed by atoms with Crippen molar-refractivity contribution in [3.05, 3.63) is 82.4 Å². The lowest BCUT2D eigenvalue weighted by molar-refractivity contribution is -0.384. The zero-order chi connectivity index (χ0) is 20.4. The van der Waals surface area contributed by atoms with Crippen LogP contribution in [0, 0.1) is 10.1 Å². The average Bonchev–Trinajstić information content (AvgIpc) is 2.72. The SMILES string of the molecule is O=C(NC(=S)Nc1ccc2c(c1)Oc1ccccc1O2)c1ccc([N+](=O)[O-])cc1. The van der Waals surface area contributed by atoms with Gasteiger partial charge in [-0.25, -0.2) is 0 Å². The number of fused-ring (bicyclic) bond motifs is 2. The van der Waals surface area contributed by atoms with E-state index < -0.39 is 10.8 Å². The van der Waals surface area contributed by atoms with Gasteiger partial charge in [0.2, 0.25) is 0 Å². The van der Waals surface area contributed by atoms with Gasteiger partial charge in [-0.15, -0.1) is 0 Å². The van der Waals surface area contributed by atoms with Gasteiger partial charge in [0.1, 0.15) is 0 Å². The number of nitro groups is 1. The van der Waals surface area contributed by atoms with Crippen molar-refractivity contribution in [2.24, 2.45) is 0 Å². The van der Waals surface area contributed by atoms with Gasteiger partial charge < -0.3 is 14.8 Å². The predicted octanol–water partition coefficient (Wildman–Crippen LogP) is 4.62. The van der Waals surface area contributed by atoms with Crippen molar-refractivity contribution in [3.63, 3.8) is 0 Å². The van der Waals surface area contributed by atoms with Crippen LogP contribution >= 0.6 is 12.2 Å². The number of anilines is 1. The molecule has 1 amide bonds. The third-order valence-electron chi connectivity index (χ3n) is 4.06. The molecule has 0 saturated carbocycles. The van der Waals surface area contributed by atoms with E-state index in [0.717, 1.165) is 0 Å². The molecular weight excluding hydrogens is 394 g/mol. The molecule has 4 rings (SSSR count). The van der Waals surface area contributed by atoms with Gasteiger partial charge in [-0.1, -0.05) is 12.1 Å². The number of non-ortho nitro benzene ring substituents is 1. The molecule has 144 valence electrons. The fourth-order valence-electron chi connectivity index (χ4n) is 2.68. The van der Waals surface area contributed by atoms with E-state index in [0.29, 0.717) is 28.7 Å². The number of benzene rings is 3. The maximum atomic E-state index is 12.2. The molecule has 0 unspecified atom stereocenters. The molecule has 1 aliphatic rings. The summed E-state index contributed by atoms with van der Waals surface area (Å²) < 4.78 is 11.6. The number of hydrogen-bond donors (Lipinski definition) is 2. The smallest absolute Gasteiger partial charge is 0.269 e. The minimum absolute atomic E-state index is 0.0745. The van der Waals surface area contributed by atoms with Crippen LogP contribution in [0.4, 0.5) is 11.4 Å². The first-order valence-corrected chi connectivity index (χ1v) is 8.86. The number of thiocarbonyl (C=S) groups is 1. The van der Waals surface area contributed by atoms with Crippen LogP contribution in [-0.2, 0) is 0 Å². The molecule has 2 N–H and O–H groups in total. The van der Waals surface area contributed by atoms with Crippen molar-refractivity contribution < 1.29 is 19.2 Å². The van der Waals surface area contributed by atoms with Crippen LogP contribution in [0.1, 0.15) is 10.4 Å². The highest BCUT2D eigenvalue weighted by Gasteiger charge is 2.19. The van der Waals surface area contributed by atoms with Crippen molar-refractivity contribution >= 4 is 34.6 Å². The van der Waals surface area contributed by atoms with Gasteiger partial charge in [0.15, 0.2) is 28.1 Å². The molecule has 1 heterocycles. The van der Waals surface area contributed by atoms with Gasteiger partial charge in [-0.3, -0.25) is 20.2 Å². The van der Waals surface area contributed by atoms with Crippen molar-refractivity contribution in [2.45, 2.75) is 0 Å². The van der Waals surface area contributed by atoms with Gasteiger partial charge in [-0.05, 0) is 48.6 Å². The number of nitro benzene ring substituents is 1. The van der Waals surface area contributed by atoms with Crippen molar-refractivity contribution in [1.29, 1.82) is 0 Å². The normalized spacial score (nSPS) is 11.2. The Morgan fingerprint density at radius 2 is 1.52 bits per heavy atom. The summed E-state index contributed by atoms with van der Waals surface area (Å²) in [7, 11) is 0. The molecule has 0 fully saturated rings. The Morgan fingerprint density at radius 1 is 0.897 bits per heavy atom. The summed E-state index contributed by atoms with van der Waals surface area (Å²) in [4.78, 5) is 22.4. The Balaban J connectivity index is 1.41. The second-order valence-corrected chi connectivity index (χ2v) is 6.43. The van der Waals surface area contributed by atoms with E-state index in [-0.39, 0.29) is 16.4 Å². The van der Waals surface area contributed by atoms with Crippen LogP contribution in [-0.4, -0.2) is 15.9 Å². The van der Waals surface area contributed by atoms with Crippen LogP contribution in [0.25, 0.3) is 0 Å². The lowest BCUT2D eigenvalue weighted by Gasteiger charge is -2.21. The molecule has 0 spiro atoms. The summed E-state index contributed by atoms with van der Waals surface area (Å²) in [6.45, 7) is 0. The second-order valence-electron chi connectivity index (χ2n) is 6.02. The highest BCUT2D eigenvalue weighted by molar-refractivity contribution is 7.80. The fraction of sp³-hybridized carbons (Fsp3) is 0. The largest absolute Gasteiger partial charge is 0.450 e. The lowest BCUT2D eigenvalue weighted by atomic mass is 10.2. The molecule has 0 aromatic heterocycles. The maximum absolute atomic E-state index is 12.2. The lowest BCUT2D eigenvalue weighted by Crippen LogP contribution is -2.34. The van der Waals surface area contributed by atoms with Crippen LogP contribution in [0.5, 0.6) is 23.0 Å². The first-order chi connectivity index (χ1) is 14.0. The van der Waals surface area contributed by atoms with Gasteiger partial charge in [0, 0.05) is 29.4 Å². The summed E-state index contributed by atoms with van der Waals surface area (Å²) >= 11 is 5.17. The van der Waals surface area contributed by atoms with E-state index in [4.69, 9.17) is 21.7 Å². The average molecular weight is 407 g/mol. The summed E-state index contributed by atoms with van der Waals surface area (Å²) in [5.74, 6) is 1.83. The Kier molecular flexibility index (Phi) is 4.80. The number of rotatable bonds is 3. The standard InChI is InChI=1S/C20H13N3O5S/c24-19(12-5-8-14(9-6-12)23(25)26)22-20(29)21-13-7-10-17-18(11-13)28-16-4-2-1-3-15(16)27-17/h1-11H,(H2,21,22,24,29). The summed E-state index contributed by atoms with van der Waals surface area (Å²) in [6.07, 6.45) is 0. The van der Waals surface area contributed by atoms with Crippen LogP contribution in [0.3, 0.4) is 0 Å². The number of amides is 1. The minimum atomic E-state index is -0.534. The van der Waals surface area contributed by atoms with Gasteiger partial charge in [-0.2, -0.15) is 0 Å². The van der Waals surface area contributed by atoms with E-state index >= 15 is 0 Å². The zero-order valence-corrected chi connectivity index (χ0v) is 15.6. The molecular formula is C20H13N3O5S. The third kappa shape index (κ3) is 3.99. The van der Waals surface area contributed by atoms with Crippen LogP contribution < -0.4 is 20.1 Å². The molecule has 0 atom stereocenters. The number of carbonyl (C=O) groups is 1. The maximum Gasteiger partial charge on any atom is 0.269 e. The van der Waals surface area contributed by atoms with Crippen molar-refractivity contribution in [2.75, 3.05) is 5.32 Å². The third-order valence-corrected chi connectivity index (χ3v) is 4.26. The van der Waals surface area contributed by atoms with Gasteiger partial charge in [0.25, 0.3) is 11.6 Å². The zero-order valence-electron chi connectivity index (χ0n) is 14.7. The number of ether oxygens (including phenoxy) is 2. The second kappa shape index (κ2) is 7.56. The Labute approximate surface area is 170 Å². The molecule has 0 aliphatic carbocycles. The van der Waals surface area contributed by atoms with E-state index in [9.17, 15) is 14.9 Å². The van der Waals surface area contributed by atoms with E-state index in [2.05, 4.69) is 10.6 Å². The first-order valence-electron chi connectivity index (χ1n) is 8.45. The Hall–Kier alpha value is -3.98. The number of hydrogen-bond acceptors (Lipinski definition) is 6. The quantitative estimate of drug-likeness (QED) is 0.290. The van der Waals surface area contributed by atoms with Crippen molar-refractivity contribution in [1.82, 2.24) is 5.32 Å². The minimum Gasteiger partial charge on any atom is -0.450 e. The predicted molar refractivity (Wildman–Crippen MR) is 110 cm³/mol. The summed E-state index contributed by atoms with van der Waals surface area (Å²) in [5, 5.41) is 16.2. The Bertz CT molecular complexity index is 1130. The van der Waals surface area contributed by atoms with E-state index in [1.54, 1.807) is 24.3 Å². The summed E-state index contributed by atoms with van der Waals surface area (Å²) in [6, 6.07) is 17.7. The number of nitrogens with one attached hydrogen (secondary N) is 2. The molecule has 3 aromatic carbocycles. The number of carbonyl (C=O) groups excluding carboxylic acids is 1. The molecule has 9 heteroatoms. The molecule has 8 nitrogen and oxygen atoms in total. The monoisotopic (exact) mass is 407 g/mol. The van der Waals surface area contributed by atoms with Crippen LogP contribution in [0.15, 0.2) is 66.7 Å². The van der Waals surface area contributed by atoms with Gasteiger partial charge in [0.05, 0.1) is 4.92 Å². The number of nitrogens with zero attached hydrogens (tertiary/aromatic N) is 1. The van der Waals surface area contributed by atoms with Crippen molar-refractivity contribution in [3.8, 4) is 23.0 Å². The molecule has 3 aromatic rings. The van der Waals surface area contributed by atoms with E-state index in [1.807, 2.05) is 18.2 Å². The highest BCUT2D eigenvalue weighted by Crippen LogP contribution is 2.45. The highest BCUT2D eigenvalue weighted by atomic mass is 32.1. The summed E-state index contributed by atoms with van der Waals surface area (Å²) in [5.41, 5.74) is 0.749. The van der Waals surface area contributed by atoms with E-state index in [1.165, 1.54) is 24.3 Å². The molecule has 1 aliphatic heterocycles. The molecule has 29 heavy (non-hydrogen) atoms. The Morgan fingerprint density at radius 3 is 2.17 bits per heavy atom. The van der Waals surface area contributed by atoms with Gasteiger partial charge >= 0.3 is 0 Å². The number of para-hydroxylation sites is 2. The fourth-order valence-corrected chi connectivity index (χ4v) is 2.89. The molecule has 0 radical (unpaired) electrons. The topological polar surface area (TPSA) is 103 Å². The first kappa shape index (κ1) is 18.4. The van der Waals surface area contributed by atoms with Crippen LogP contribution in [0.2, 0.25) is 0 Å². The molecule has 0 bridgehead atoms.